The van der Waals surface area contributed by atoms with Gasteiger partial charge in [-0.3, -0.25) is 0 Å². The summed E-state index contributed by atoms with van der Waals surface area (Å²) in [6, 6.07) is 56.5. The van der Waals surface area contributed by atoms with Gasteiger partial charge in [-0.2, -0.15) is 0 Å². The van der Waals surface area contributed by atoms with Crippen molar-refractivity contribution < 1.29 is 8.83 Å². The van der Waals surface area contributed by atoms with Crippen LogP contribution in [-0.2, 0) is 0 Å². The third-order valence-electron chi connectivity index (χ3n) is 9.30. The van der Waals surface area contributed by atoms with Gasteiger partial charge < -0.3 is 13.7 Å². The molecule has 0 aliphatic rings. The Hall–Kier alpha value is -6.72. The molecule has 2 heterocycles. The first-order valence-electron chi connectivity index (χ1n) is 16.3. The minimum Gasteiger partial charge on any atom is -0.436 e. The standard InChI is InChI=1S/C44H27N3O2/c1-2-10-28(11-3-1)43-46-40-25-23-32(27-42(40)49-43)47(30-20-18-29(19-21-30)44-45-39-16-8-9-17-41(39)48-44)31-22-24-37-35-14-5-4-12-33(35)34-13-6-7-15-36(34)38(37)26-31/h1-27H. The zero-order chi connectivity index (χ0) is 32.3. The van der Waals surface area contributed by atoms with Crippen LogP contribution in [0.1, 0.15) is 0 Å². The Morgan fingerprint density at radius 1 is 0.347 bits per heavy atom. The Labute approximate surface area is 281 Å². The van der Waals surface area contributed by atoms with Gasteiger partial charge in [-0.1, -0.05) is 84.9 Å². The number of hydrogen-bond acceptors (Lipinski definition) is 5. The summed E-state index contributed by atoms with van der Waals surface area (Å²) >= 11 is 0. The summed E-state index contributed by atoms with van der Waals surface area (Å²) in [5, 5.41) is 7.40. The van der Waals surface area contributed by atoms with Crippen molar-refractivity contribution in [3.63, 3.8) is 0 Å². The Bertz CT molecular complexity index is 2770. The van der Waals surface area contributed by atoms with Crippen molar-refractivity contribution in [3.8, 4) is 22.9 Å². The highest BCUT2D eigenvalue weighted by molar-refractivity contribution is 6.25. The van der Waals surface area contributed by atoms with Gasteiger partial charge in [0.25, 0.3) is 0 Å². The Morgan fingerprint density at radius 3 is 1.53 bits per heavy atom. The molecule has 0 spiro atoms. The zero-order valence-corrected chi connectivity index (χ0v) is 26.2. The second-order valence-electron chi connectivity index (χ2n) is 12.2. The van der Waals surface area contributed by atoms with E-state index in [2.05, 4.69) is 108 Å². The van der Waals surface area contributed by atoms with Crippen LogP contribution in [0.4, 0.5) is 17.1 Å². The summed E-state index contributed by atoms with van der Waals surface area (Å²) in [6.07, 6.45) is 0. The summed E-state index contributed by atoms with van der Waals surface area (Å²) in [6.45, 7) is 0. The molecule has 2 aromatic heterocycles. The smallest absolute Gasteiger partial charge is 0.227 e. The molecule has 49 heavy (non-hydrogen) atoms. The number of hydrogen-bond donors (Lipinski definition) is 0. The van der Waals surface area contributed by atoms with Crippen LogP contribution in [0.15, 0.2) is 173 Å². The average Bonchev–Trinajstić information content (AvgIpc) is 3.81. The molecule has 0 fully saturated rings. The lowest BCUT2D eigenvalue weighted by atomic mass is 9.94. The monoisotopic (exact) mass is 629 g/mol. The van der Waals surface area contributed by atoms with Gasteiger partial charge in [0.2, 0.25) is 11.8 Å². The molecular formula is C44H27N3O2. The minimum atomic E-state index is 0.597. The van der Waals surface area contributed by atoms with Gasteiger partial charge in [-0.15, -0.1) is 0 Å². The van der Waals surface area contributed by atoms with Crippen molar-refractivity contribution in [2.45, 2.75) is 0 Å². The Balaban J connectivity index is 1.16. The number of para-hydroxylation sites is 2. The second-order valence-corrected chi connectivity index (χ2v) is 12.2. The molecule has 0 unspecified atom stereocenters. The van der Waals surface area contributed by atoms with Crippen LogP contribution in [0.25, 0.3) is 77.4 Å². The molecule has 5 nitrogen and oxygen atoms in total. The van der Waals surface area contributed by atoms with Crippen molar-refractivity contribution in [2.75, 3.05) is 4.90 Å². The molecule has 0 bridgehead atoms. The lowest BCUT2D eigenvalue weighted by molar-refractivity contribution is 0.619. The first-order chi connectivity index (χ1) is 24.3. The molecule has 0 saturated heterocycles. The maximum Gasteiger partial charge on any atom is 0.227 e. The predicted molar refractivity (Wildman–Crippen MR) is 200 cm³/mol. The summed E-state index contributed by atoms with van der Waals surface area (Å²) in [7, 11) is 0. The molecule has 0 atom stereocenters. The maximum absolute atomic E-state index is 6.34. The van der Waals surface area contributed by atoms with E-state index in [0.717, 1.165) is 50.4 Å². The fraction of sp³-hybridized carbons (Fsp3) is 0. The van der Waals surface area contributed by atoms with Crippen LogP contribution in [0.3, 0.4) is 0 Å². The van der Waals surface area contributed by atoms with Crippen molar-refractivity contribution in [1.82, 2.24) is 9.97 Å². The zero-order valence-electron chi connectivity index (χ0n) is 26.2. The molecule has 0 N–H and O–H groups in total. The van der Waals surface area contributed by atoms with Gasteiger partial charge in [0, 0.05) is 34.3 Å². The largest absolute Gasteiger partial charge is 0.436 e. The van der Waals surface area contributed by atoms with E-state index in [1.807, 2.05) is 60.7 Å². The number of nitrogens with zero attached hydrogens (tertiary/aromatic N) is 3. The molecule has 230 valence electrons. The van der Waals surface area contributed by atoms with Crippen LogP contribution in [-0.4, -0.2) is 9.97 Å². The molecule has 0 amide bonds. The van der Waals surface area contributed by atoms with Crippen LogP contribution in [0.5, 0.6) is 0 Å². The number of benzene rings is 8. The summed E-state index contributed by atoms with van der Waals surface area (Å²) in [4.78, 5) is 11.8. The topological polar surface area (TPSA) is 55.3 Å². The average molecular weight is 630 g/mol. The van der Waals surface area contributed by atoms with Crippen molar-refractivity contribution in [3.05, 3.63) is 164 Å². The van der Waals surface area contributed by atoms with E-state index in [1.54, 1.807) is 0 Å². The number of rotatable bonds is 5. The van der Waals surface area contributed by atoms with Crippen molar-refractivity contribution >= 4 is 71.6 Å². The van der Waals surface area contributed by atoms with E-state index in [1.165, 1.54) is 32.3 Å². The normalized spacial score (nSPS) is 11.7. The van der Waals surface area contributed by atoms with E-state index >= 15 is 0 Å². The molecule has 0 radical (unpaired) electrons. The maximum atomic E-state index is 6.34. The third kappa shape index (κ3) is 4.55. The lowest BCUT2D eigenvalue weighted by Crippen LogP contribution is -2.10. The third-order valence-corrected chi connectivity index (χ3v) is 9.30. The van der Waals surface area contributed by atoms with Crippen LogP contribution in [0, 0.1) is 0 Å². The number of aromatic nitrogens is 2. The van der Waals surface area contributed by atoms with E-state index in [0.29, 0.717) is 11.8 Å². The first-order valence-corrected chi connectivity index (χ1v) is 16.3. The number of anilines is 3. The van der Waals surface area contributed by atoms with Gasteiger partial charge in [-0.05, 0) is 105 Å². The van der Waals surface area contributed by atoms with Gasteiger partial charge in [-0.25, -0.2) is 9.97 Å². The SMILES string of the molecule is c1ccc(-c2nc3ccc(N(c4ccc(-c5nc6ccccc6o5)cc4)c4ccc5c6ccccc6c6ccccc6c5c4)cc3o2)cc1. The van der Waals surface area contributed by atoms with E-state index < -0.39 is 0 Å². The minimum absolute atomic E-state index is 0.597. The fourth-order valence-electron chi connectivity index (χ4n) is 6.99. The quantitative estimate of drug-likeness (QED) is 0.177. The molecular weight excluding hydrogens is 603 g/mol. The molecule has 8 aromatic carbocycles. The lowest BCUT2D eigenvalue weighted by Gasteiger charge is -2.26. The van der Waals surface area contributed by atoms with Gasteiger partial charge in [0.05, 0.1) is 0 Å². The Kier molecular flexibility index (Phi) is 6.11. The van der Waals surface area contributed by atoms with Gasteiger partial charge in [0.1, 0.15) is 11.0 Å². The highest BCUT2D eigenvalue weighted by Gasteiger charge is 2.18. The van der Waals surface area contributed by atoms with Gasteiger partial charge >= 0.3 is 0 Å². The van der Waals surface area contributed by atoms with Crippen LogP contribution < -0.4 is 4.90 Å². The fourth-order valence-corrected chi connectivity index (χ4v) is 6.99. The van der Waals surface area contributed by atoms with E-state index in [-0.39, 0.29) is 0 Å². The Morgan fingerprint density at radius 2 is 0.837 bits per heavy atom. The van der Waals surface area contributed by atoms with Gasteiger partial charge in [0.15, 0.2) is 11.2 Å². The van der Waals surface area contributed by atoms with E-state index in [4.69, 9.17) is 18.8 Å². The first kappa shape index (κ1) is 27.4. The molecule has 0 aliphatic carbocycles. The summed E-state index contributed by atoms with van der Waals surface area (Å²) < 4.78 is 12.4. The second kappa shape index (κ2) is 10.9. The molecule has 0 aliphatic heterocycles. The van der Waals surface area contributed by atoms with Crippen LogP contribution >= 0.6 is 0 Å². The van der Waals surface area contributed by atoms with E-state index in [9.17, 15) is 0 Å². The molecule has 10 aromatic rings. The number of fused-ring (bicyclic) bond motifs is 8. The molecule has 0 saturated carbocycles. The van der Waals surface area contributed by atoms with Crippen LogP contribution in [0.2, 0.25) is 0 Å². The highest BCUT2D eigenvalue weighted by atomic mass is 16.4. The van der Waals surface area contributed by atoms with Crippen molar-refractivity contribution in [2.24, 2.45) is 0 Å². The summed E-state index contributed by atoms with van der Waals surface area (Å²) in [5.74, 6) is 1.20. The van der Waals surface area contributed by atoms with Crippen molar-refractivity contribution in [1.29, 1.82) is 0 Å². The number of oxazole rings is 2. The predicted octanol–water partition coefficient (Wildman–Crippen LogP) is 12.2. The summed E-state index contributed by atoms with van der Waals surface area (Å²) in [5.41, 5.74) is 7.99. The molecule has 10 rings (SSSR count). The highest BCUT2D eigenvalue weighted by Crippen LogP contribution is 2.42. The molecule has 5 heteroatoms.